The van der Waals surface area contributed by atoms with Crippen molar-refractivity contribution in [2.75, 3.05) is 32.7 Å². The van der Waals surface area contributed by atoms with E-state index in [9.17, 15) is 9.59 Å². The molecule has 6 nitrogen and oxygen atoms in total. The van der Waals surface area contributed by atoms with Gasteiger partial charge in [0.1, 0.15) is 0 Å². The summed E-state index contributed by atoms with van der Waals surface area (Å²) in [5.41, 5.74) is 0. The first-order valence-electron chi connectivity index (χ1n) is 4.79. The molecule has 0 aromatic rings. The summed E-state index contributed by atoms with van der Waals surface area (Å²) in [5, 5.41) is 8.49. The van der Waals surface area contributed by atoms with Crippen LogP contribution < -0.4 is 0 Å². The van der Waals surface area contributed by atoms with Crippen LogP contribution in [0.4, 0.5) is 0 Å². The number of piperazine rings is 1. The molecular formula is C9H18N2O4. The second kappa shape index (κ2) is 6.36. The Morgan fingerprint density at radius 2 is 1.73 bits per heavy atom. The summed E-state index contributed by atoms with van der Waals surface area (Å²) in [5.74, 6) is -0.665. The molecule has 1 aliphatic heterocycles. The van der Waals surface area contributed by atoms with E-state index in [2.05, 4.69) is 4.90 Å². The molecular weight excluding hydrogens is 200 g/mol. The molecule has 0 radical (unpaired) electrons. The van der Waals surface area contributed by atoms with E-state index in [4.69, 9.17) is 5.11 Å². The predicted molar refractivity (Wildman–Crippen MR) is 54.6 cm³/mol. The van der Waals surface area contributed by atoms with E-state index < -0.39 is 5.97 Å². The topological polar surface area (TPSA) is 92.4 Å². The van der Waals surface area contributed by atoms with Crippen LogP contribution in [-0.2, 0) is 9.59 Å². The van der Waals surface area contributed by atoms with Gasteiger partial charge in [-0.3, -0.25) is 14.5 Å². The van der Waals surface area contributed by atoms with Gasteiger partial charge in [-0.05, 0) is 0 Å². The highest BCUT2D eigenvalue weighted by Gasteiger charge is 2.18. The van der Waals surface area contributed by atoms with Crippen molar-refractivity contribution >= 4 is 11.9 Å². The molecule has 3 N–H and O–H groups in total. The van der Waals surface area contributed by atoms with Crippen molar-refractivity contribution in [3.63, 3.8) is 0 Å². The lowest BCUT2D eigenvalue weighted by molar-refractivity contribution is -0.138. The molecule has 1 heterocycles. The van der Waals surface area contributed by atoms with Crippen LogP contribution in [0.3, 0.4) is 0 Å². The Labute approximate surface area is 88.8 Å². The molecule has 1 amide bonds. The van der Waals surface area contributed by atoms with Gasteiger partial charge in [-0.15, -0.1) is 0 Å². The molecule has 15 heavy (non-hydrogen) atoms. The maximum absolute atomic E-state index is 11.0. The van der Waals surface area contributed by atoms with E-state index in [1.807, 2.05) is 0 Å². The SMILES string of the molecule is CC(=O)N1CCN(CCC(=O)O)CC1.O. The summed E-state index contributed by atoms with van der Waals surface area (Å²) in [4.78, 5) is 25.2. The summed E-state index contributed by atoms with van der Waals surface area (Å²) in [6, 6.07) is 0. The Kier molecular flexibility index (Phi) is 5.88. The number of hydrogen-bond acceptors (Lipinski definition) is 3. The summed E-state index contributed by atoms with van der Waals surface area (Å²) < 4.78 is 0. The molecule has 0 atom stereocenters. The standard InChI is InChI=1S/C9H16N2O3.H2O/c1-8(12)11-6-4-10(5-7-11)3-2-9(13)14;/h2-7H2,1H3,(H,13,14);1H2. The first kappa shape index (κ1) is 13.9. The molecule has 0 bridgehead atoms. The number of hydrogen-bond donors (Lipinski definition) is 1. The largest absolute Gasteiger partial charge is 0.481 e. The molecule has 1 rings (SSSR count). The Morgan fingerprint density at radius 1 is 1.20 bits per heavy atom. The fraction of sp³-hybridized carbons (Fsp3) is 0.778. The van der Waals surface area contributed by atoms with Crippen LogP contribution in [0.25, 0.3) is 0 Å². The van der Waals surface area contributed by atoms with E-state index in [0.717, 1.165) is 26.2 Å². The zero-order valence-electron chi connectivity index (χ0n) is 8.90. The first-order valence-corrected chi connectivity index (χ1v) is 4.79. The van der Waals surface area contributed by atoms with Gasteiger partial charge in [-0.1, -0.05) is 0 Å². The van der Waals surface area contributed by atoms with E-state index in [1.165, 1.54) is 0 Å². The third-order valence-corrected chi connectivity index (χ3v) is 2.46. The third kappa shape index (κ3) is 4.75. The first-order chi connectivity index (χ1) is 6.59. The molecule has 1 saturated heterocycles. The van der Waals surface area contributed by atoms with Crippen LogP contribution in [0.1, 0.15) is 13.3 Å². The van der Waals surface area contributed by atoms with Gasteiger partial charge >= 0.3 is 5.97 Å². The maximum atomic E-state index is 11.0. The molecule has 0 unspecified atom stereocenters. The van der Waals surface area contributed by atoms with Crippen molar-refractivity contribution in [1.29, 1.82) is 0 Å². The third-order valence-electron chi connectivity index (χ3n) is 2.46. The number of carboxylic acid groups (broad SMARTS) is 1. The quantitative estimate of drug-likeness (QED) is 0.644. The van der Waals surface area contributed by atoms with Gasteiger partial charge < -0.3 is 15.5 Å². The van der Waals surface area contributed by atoms with Gasteiger partial charge in [-0.25, -0.2) is 0 Å². The minimum atomic E-state index is -0.765. The van der Waals surface area contributed by atoms with Crippen molar-refractivity contribution in [2.45, 2.75) is 13.3 Å². The van der Waals surface area contributed by atoms with Crippen molar-refractivity contribution in [3.05, 3.63) is 0 Å². The van der Waals surface area contributed by atoms with Crippen LogP contribution in [-0.4, -0.2) is 65.0 Å². The molecule has 1 aliphatic rings. The molecule has 0 aliphatic carbocycles. The minimum absolute atomic E-state index is 0. The predicted octanol–water partition coefficient (Wildman–Crippen LogP) is -1.20. The Hall–Kier alpha value is -1.14. The fourth-order valence-electron chi connectivity index (χ4n) is 1.54. The zero-order valence-corrected chi connectivity index (χ0v) is 8.90. The monoisotopic (exact) mass is 218 g/mol. The van der Waals surface area contributed by atoms with Gasteiger partial charge in [0, 0.05) is 39.6 Å². The van der Waals surface area contributed by atoms with Crippen LogP contribution >= 0.6 is 0 Å². The molecule has 6 heteroatoms. The molecule has 0 aromatic heterocycles. The summed E-state index contributed by atoms with van der Waals surface area (Å²) >= 11 is 0. The summed E-state index contributed by atoms with van der Waals surface area (Å²) in [6.45, 7) is 5.15. The number of amides is 1. The normalized spacial score (nSPS) is 17.0. The average molecular weight is 218 g/mol. The number of rotatable bonds is 3. The van der Waals surface area contributed by atoms with Crippen LogP contribution in [0.15, 0.2) is 0 Å². The van der Waals surface area contributed by atoms with Crippen molar-refractivity contribution < 1.29 is 20.2 Å². The lowest BCUT2D eigenvalue weighted by atomic mass is 10.3. The van der Waals surface area contributed by atoms with Gasteiger partial charge in [0.05, 0.1) is 6.42 Å². The molecule has 0 saturated carbocycles. The van der Waals surface area contributed by atoms with Crippen LogP contribution in [0.5, 0.6) is 0 Å². The number of carbonyl (C=O) groups is 2. The summed E-state index contributed by atoms with van der Waals surface area (Å²) in [7, 11) is 0. The number of aliphatic carboxylic acids is 1. The lowest BCUT2D eigenvalue weighted by Gasteiger charge is -2.33. The van der Waals surface area contributed by atoms with Gasteiger partial charge in [0.25, 0.3) is 0 Å². The van der Waals surface area contributed by atoms with Crippen molar-refractivity contribution in [3.8, 4) is 0 Å². The van der Waals surface area contributed by atoms with E-state index in [-0.39, 0.29) is 17.8 Å². The number of carboxylic acids is 1. The van der Waals surface area contributed by atoms with Crippen molar-refractivity contribution in [1.82, 2.24) is 9.80 Å². The second-order valence-corrected chi connectivity index (χ2v) is 3.49. The van der Waals surface area contributed by atoms with Gasteiger partial charge in [0.2, 0.25) is 5.91 Å². The lowest BCUT2D eigenvalue weighted by Crippen LogP contribution is -2.48. The van der Waals surface area contributed by atoms with Gasteiger partial charge in [0.15, 0.2) is 0 Å². The summed E-state index contributed by atoms with van der Waals surface area (Å²) in [6.07, 6.45) is 0.181. The molecule has 0 spiro atoms. The highest BCUT2D eigenvalue weighted by molar-refractivity contribution is 5.73. The number of nitrogens with zero attached hydrogens (tertiary/aromatic N) is 2. The minimum Gasteiger partial charge on any atom is -0.481 e. The van der Waals surface area contributed by atoms with Gasteiger partial charge in [-0.2, -0.15) is 0 Å². The maximum Gasteiger partial charge on any atom is 0.304 e. The average Bonchev–Trinajstić information content (AvgIpc) is 2.15. The van der Waals surface area contributed by atoms with Crippen molar-refractivity contribution in [2.24, 2.45) is 0 Å². The Morgan fingerprint density at radius 3 is 2.13 bits per heavy atom. The Balaban J connectivity index is 0.00000196. The molecule has 1 fully saturated rings. The smallest absolute Gasteiger partial charge is 0.304 e. The highest BCUT2D eigenvalue weighted by atomic mass is 16.4. The molecule has 88 valence electrons. The Bertz CT molecular complexity index is 224. The van der Waals surface area contributed by atoms with Crippen LogP contribution in [0, 0.1) is 0 Å². The highest BCUT2D eigenvalue weighted by Crippen LogP contribution is 2.02. The molecule has 0 aromatic carbocycles. The second-order valence-electron chi connectivity index (χ2n) is 3.49. The fourth-order valence-corrected chi connectivity index (χ4v) is 1.54. The van der Waals surface area contributed by atoms with E-state index in [1.54, 1.807) is 11.8 Å². The van der Waals surface area contributed by atoms with E-state index in [0.29, 0.717) is 6.54 Å². The van der Waals surface area contributed by atoms with Crippen LogP contribution in [0.2, 0.25) is 0 Å². The zero-order chi connectivity index (χ0) is 10.6. The number of carbonyl (C=O) groups excluding carboxylic acids is 1. The van der Waals surface area contributed by atoms with E-state index >= 15 is 0 Å².